The third kappa shape index (κ3) is 2.45. The molecule has 1 heterocycles. The number of oxazole rings is 1. The quantitative estimate of drug-likeness (QED) is 0.898. The number of nitrogens with zero attached hydrogens (tertiary/aromatic N) is 2. The Balaban J connectivity index is 2.32. The monoisotopic (exact) mass is 259 g/mol. The molecule has 0 spiro atoms. The van der Waals surface area contributed by atoms with Gasteiger partial charge in [0.15, 0.2) is 5.89 Å². The fourth-order valence-electron chi connectivity index (χ4n) is 1.66. The summed E-state index contributed by atoms with van der Waals surface area (Å²) in [5, 5.41) is 11.3. The van der Waals surface area contributed by atoms with Crippen LogP contribution in [-0.4, -0.2) is 10.9 Å². The first-order valence-corrected chi connectivity index (χ1v) is 5.47. The van der Waals surface area contributed by atoms with Crippen molar-refractivity contribution in [3.8, 4) is 6.07 Å². The lowest BCUT2D eigenvalue weighted by molar-refractivity contribution is 0.0994. The van der Waals surface area contributed by atoms with E-state index in [0.29, 0.717) is 11.6 Å². The molecule has 96 valence electrons. The zero-order chi connectivity index (χ0) is 14.0. The number of aromatic nitrogens is 1. The molecule has 1 N–H and O–H groups in total. The second kappa shape index (κ2) is 4.90. The first-order chi connectivity index (χ1) is 9.02. The second-order valence-corrected chi connectivity index (χ2v) is 3.88. The smallest absolute Gasteiger partial charge is 0.293 e. The van der Waals surface area contributed by atoms with Crippen LogP contribution in [0.4, 0.5) is 10.1 Å². The third-order valence-corrected chi connectivity index (χ3v) is 2.48. The van der Waals surface area contributed by atoms with Crippen LogP contribution >= 0.6 is 0 Å². The average molecular weight is 259 g/mol. The van der Waals surface area contributed by atoms with Crippen molar-refractivity contribution in [2.24, 2.45) is 0 Å². The zero-order valence-corrected chi connectivity index (χ0v) is 10.3. The Labute approximate surface area is 108 Å². The highest BCUT2D eigenvalue weighted by atomic mass is 19.1. The molecular weight excluding hydrogens is 249 g/mol. The minimum Gasteiger partial charge on any atom is -0.436 e. The van der Waals surface area contributed by atoms with Gasteiger partial charge in [0, 0.05) is 6.92 Å². The van der Waals surface area contributed by atoms with E-state index in [0.717, 1.165) is 6.07 Å². The summed E-state index contributed by atoms with van der Waals surface area (Å²) in [6.07, 6.45) is 0. The lowest BCUT2D eigenvalue weighted by atomic mass is 10.2. The highest BCUT2D eigenvalue weighted by Gasteiger charge is 2.18. The molecule has 2 aromatic rings. The van der Waals surface area contributed by atoms with Gasteiger partial charge < -0.3 is 9.73 Å². The molecule has 0 saturated heterocycles. The topological polar surface area (TPSA) is 78.9 Å². The summed E-state index contributed by atoms with van der Waals surface area (Å²) in [6, 6.07) is 5.70. The van der Waals surface area contributed by atoms with Crippen molar-refractivity contribution >= 4 is 11.6 Å². The molecule has 1 aromatic carbocycles. The van der Waals surface area contributed by atoms with Crippen molar-refractivity contribution < 1.29 is 13.6 Å². The van der Waals surface area contributed by atoms with Gasteiger partial charge in [0.25, 0.3) is 5.91 Å². The first-order valence-electron chi connectivity index (χ1n) is 5.47. The van der Waals surface area contributed by atoms with Gasteiger partial charge in [-0.15, -0.1) is 0 Å². The van der Waals surface area contributed by atoms with Gasteiger partial charge in [-0.2, -0.15) is 5.26 Å². The van der Waals surface area contributed by atoms with Gasteiger partial charge in [-0.05, 0) is 19.1 Å². The van der Waals surface area contributed by atoms with Gasteiger partial charge in [0.05, 0.1) is 11.4 Å². The number of benzene rings is 1. The van der Waals surface area contributed by atoms with Crippen LogP contribution in [0.5, 0.6) is 0 Å². The van der Waals surface area contributed by atoms with E-state index >= 15 is 0 Å². The predicted molar refractivity (Wildman–Crippen MR) is 65.0 cm³/mol. The normalized spacial score (nSPS) is 10.0. The molecule has 2 rings (SSSR count). The maximum atomic E-state index is 13.4. The molecule has 1 amide bonds. The Kier molecular flexibility index (Phi) is 3.29. The van der Waals surface area contributed by atoms with Crippen LogP contribution in [0.3, 0.4) is 0 Å². The molecule has 0 atom stereocenters. The number of carbonyl (C=O) groups is 1. The van der Waals surface area contributed by atoms with Crippen molar-refractivity contribution in [2.75, 3.05) is 5.32 Å². The minimum absolute atomic E-state index is 0.0469. The summed E-state index contributed by atoms with van der Waals surface area (Å²) < 4.78 is 18.5. The molecule has 0 fully saturated rings. The summed E-state index contributed by atoms with van der Waals surface area (Å²) in [5.74, 6) is -0.848. The van der Waals surface area contributed by atoms with E-state index < -0.39 is 11.7 Å². The number of amides is 1. The van der Waals surface area contributed by atoms with E-state index in [1.54, 1.807) is 19.9 Å². The van der Waals surface area contributed by atoms with Crippen LogP contribution in [-0.2, 0) is 0 Å². The fourth-order valence-corrected chi connectivity index (χ4v) is 1.66. The highest BCUT2D eigenvalue weighted by Crippen LogP contribution is 2.19. The second-order valence-electron chi connectivity index (χ2n) is 3.88. The summed E-state index contributed by atoms with van der Waals surface area (Å²) in [5.41, 5.74) is 0.315. The summed E-state index contributed by atoms with van der Waals surface area (Å²) in [6.45, 7) is 3.24. The van der Waals surface area contributed by atoms with Crippen molar-refractivity contribution in [3.05, 3.63) is 46.9 Å². The molecule has 0 unspecified atom stereocenters. The molecule has 0 aliphatic carbocycles. The van der Waals surface area contributed by atoms with Gasteiger partial charge in [-0.25, -0.2) is 9.37 Å². The van der Waals surface area contributed by atoms with Crippen LogP contribution in [0, 0.1) is 31.0 Å². The third-order valence-electron chi connectivity index (χ3n) is 2.48. The molecule has 0 bridgehead atoms. The van der Waals surface area contributed by atoms with Crippen LogP contribution in [0.25, 0.3) is 0 Å². The Morgan fingerprint density at radius 3 is 2.79 bits per heavy atom. The average Bonchev–Trinajstić information content (AvgIpc) is 2.69. The van der Waals surface area contributed by atoms with Crippen LogP contribution < -0.4 is 5.32 Å². The van der Waals surface area contributed by atoms with E-state index in [1.165, 1.54) is 12.1 Å². The number of aryl methyl sites for hydroxylation is 2. The Morgan fingerprint density at radius 2 is 2.21 bits per heavy atom. The number of carbonyl (C=O) groups excluding carboxylic acids is 1. The SMILES string of the molecule is Cc1nc(C)c(C(=O)Nc2cccc(F)c2C#N)o1. The molecule has 5 nitrogen and oxygen atoms in total. The molecule has 19 heavy (non-hydrogen) atoms. The van der Waals surface area contributed by atoms with E-state index in [1.807, 2.05) is 0 Å². The van der Waals surface area contributed by atoms with Crippen molar-refractivity contribution in [1.29, 1.82) is 5.26 Å². The maximum Gasteiger partial charge on any atom is 0.293 e. The summed E-state index contributed by atoms with van der Waals surface area (Å²) >= 11 is 0. The van der Waals surface area contributed by atoms with E-state index in [4.69, 9.17) is 9.68 Å². The van der Waals surface area contributed by atoms with Crippen molar-refractivity contribution in [1.82, 2.24) is 4.98 Å². The van der Waals surface area contributed by atoms with E-state index in [9.17, 15) is 9.18 Å². The van der Waals surface area contributed by atoms with Gasteiger partial charge in [-0.1, -0.05) is 6.07 Å². The number of nitriles is 1. The number of hydrogen-bond acceptors (Lipinski definition) is 4. The standard InChI is InChI=1S/C13H10FN3O2/c1-7-12(19-8(2)16-7)13(18)17-11-5-3-4-10(14)9(11)6-15/h3-5H,1-2H3,(H,17,18). The molecule has 0 radical (unpaired) electrons. The summed E-state index contributed by atoms with van der Waals surface area (Å²) in [4.78, 5) is 15.9. The van der Waals surface area contributed by atoms with E-state index in [-0.39, 0.29) is 17.0 Å². The fraction of sp³-hybridized carbons (Fsp3) is 0.154. The Morgan fingerprint density at radius 1 is 1.47 bits per heavy atom. The Bertz CT molecular complexity index is 686. The first kappa shape index (κ1) is 12.8. The number of nitrogens with one attached hydrogen (secondary N) is 1. The maximum absolute atomic E-state index is 13.4. The number of anilines is 1. The van der Waals surface area contributed by atoms with Gasteiger partial charge >= 0.3 is 0 Å². The van der Waals surface area contributed by atoms with Gasteiger partial charge in [0.1, 0.15) is 17.4 Å². The number of rotatable bonds is 2. The van der Waals surface area contributed by atoms with E-state index in [2.05, 4.69) is 10.3 Å². The minimum atomic E-state index is -0.689. The largest absolute Gasteiger partial charge is 0.436 e. The summed E-state index contributed by atoms with van der Waals surface area (Å²) in [7, 11) is 0. The number of hydrogen-bond donors (Lipinski definition) is 1. The predicted octanol–water partition coefficient (Wildman–Crippen LogP) is 2.55. The van der Waals surface area contributed by atoms with Crippen LogP contribution in [0.2, 0.25) is 0 Å². The molecule has 0 saturated carbocycles. The zero-order valence-electron chi connectivity index (χ0n) is 10.3. The van der Waals surface area contributed by atoms with Crippen molar-refractivity contribution in [2.45, 2.75) is 13.8 Å². The molecule has 6 heteroatoms. The molecule has 0 aliphatic rings. The molecular formula is C13H10FN3O2. The van der Waals surface area contributed by atoms with Crippen LogP contribution in [0.15, 0.2) is 22.6 Å². The molecule has 1 aromatic heterocycles. The molecule has 0 aliphatic heterocycles. The van der Waals surface area contributed by atoms with Gasteiger partial charge in [0.2, 0.25) is 5.76 Å². The highest BCUT2D eigenvalue weighted by molar-refractivity contribution is 6.03. The van der Waals surface area contributed by atoms with Gasteiger partial charge in [-0.3, -0.25) is 4.79 Å². The van der Waals surface area contributed by atoms with Crippen molar-refractivity contribution in [3.63, 3.8) is 0 Å². The number of halogens is 1. The van der Waals surface area contributed by atoms with Crippen LogP contribution in [0.1, 0.15) is 27.7 Å². The lowest BCUT2D eigenvalue weighted by Crippen LogP contribution is -2.13. The Hall–Kier alpha value is -2.68. The lowest BCUT2D eigenvalue weighted by Gasteiger charge is -2.05.